The monoisotopic (exact) mass is 268 g/mol. The minimum absolute atomic E-state index is 0.288. The Morgan fingerprint density at radius 2 is 2.28 bits per heavy atom. The fourth-order valence-corrected chi connectivity index (χ4v) is 1.55. The first-order valence-electron chi connectivity index (χ1n) is 5.19. The van der Waals surface area contributed by atoms with Crippen molar-refractivity contribution in [2.45, 2.75) is 13.5 Å². The highest BCUT2D eigenvalue weighted by molar-refractivity contribution is 6.31. The van der Waals surface area contributed by atoms with E-state index in [1.165, 1.54) is 0 Å². The van der Waals surface area contributed by atoms with Crippen LogP contribution in [-0.4, -0.2) is 26.9 Å². The summed E-state index contributed by atoms with van der Waals surface area (Å²) in [5.74, 6) is 6.92. The Kier molecular flexibility index (Phi) is 3.75. The summed E-state index contributed by atoms with van der Waals surface area (Å²) in [4.78, 5) is 8.46. The number of nitrogens with zero attached hydrogens (tertiary/aromatic N) is 4. The van der Waals surface area contributed by atoms with Gasteiger partial charge in [0.1, 0.15) is 12.4 Å². The first-order chi connectivity index (χ1) is 8.63. The average molecular weight is 269 g/mol. The summed E-state index contributed by atoms with van der Waals surface area (Å²) in [5.41, 5.74) is 3.20. The van der Waals surface area contributed by atoms with Gasteiger partial charge < -0.3 is 10.2 Å². The zero-order valence-corrected chi connectivity index (χ0v) is 10.8. The number of rotatable bonds is 4. The number of methoxy groups -OCH3 is 1. The van der Waals surface area contributed by atoms with Crippen LogP contribution in [0.25, 0.3) is 5.82 Å². The van der Waals surface area contributed by atoms with Crippen molar-refractivity contribution in [3.05, 3.63) is 28.8 Å². The molecule has 8 heteroatoms. The molecule has 2 rings (SSSR count). The van der Waals surface area contributed by atoms with Crippen LogP contribution < -0.4 is 11.3 Å². The number of nitrogens with two attached hydrogens (primary N) is 1. The summed E-state index contributed by atoms with van der Waals surface area (Å²) in [6, 6.07) is 1.67. The predicted octanol–water partition coefficient (Wildman–Crippen LogP) is 1.06. The molecule has 0 aliphatic carbocycles. The quantitative estimate of drug-likeness (QED) is 0.636. The maximum Gasteiger partial charge on any atom is 0.159 e. The first kappa shape index (κ1) is 12.7. The molecule has 0 aromatic carbocycles. The second-order valence-electron chi connectivity index (χ2n) is 3.61. The van der Waals surface area contributed by atoms with E-state index < -0.39 is 0 Å². The minimum Gasteiger partial charge on any atom is -0.377 e. The number of hydrogen-bond donors (Lipinski definition) is 2. The molecule has 7 nitrogen and oxygen atoms in total. The zero-order valence-electron chi connectivity index (χ0n) is 10.0. The molecule has 0 saturated heterocycles. The van der Waals surface area contributed by atoms with E-state index in [9.17, 15) is 0 Å². The molecular weight excluding hydrogens is 256 g/mol. The van der Waals surface area contributed by atoms with Crippen molar-refractivity contribution in [1.29, 1.82) is 0 Å². The van der Waals surface area contributed by atoms with Crippen molar-refractivity contribution in [2.75, 3.05) is 12.5 Å². The predicted molar refractivity (Wildman–Crippen MR) is 67.4 cm³/mol. The maximum atomic E-state index is 5.96. The number of nitrogen functional groups attached to an aromatic ring is 1. The number of ether oxygens (including phenoxy) is 1. The van der Waals surface area contributed by atoms with Crippen molar-refractivity contribution in [3.63, 3.8) is 0 Å². The van der Waals surface area contributed by atoms with E-state index in [4.69, 9.17) is 22.2 Å². The molecule has 2 heterocycles. The molecule has 0 radical (unpaired) electrons. The third-order valence-corrected chi connectivity index (χ3v) is 2.63. The van der Waals surface area contributed by atoms with Crippen LogP contribution in [0.4, 0.5) is 5.82 Å². The van der Waals surface area contributed by atoms with Gasteiger partial charge in [0, 0.05) is 13.2 Å². The number of aryl methyl sites for hydroxylation is 1. The summed E-state index contributed by atoms with van der Waals surface area (Å²) < 4.78 is 6.57. The van der Waals surface area contributed by atoms with E-state index in [1.807, 2.05) is 6.92 Å². The fourth-order valence-electron chi connectivity index (χ4n) is 1.42. The number of aromatic nitrogens is 4. The number of nitrogens with one attached hydrogen (secondary N) is 1. The van der Waals surface area contributed by atoms with Gasteiger partial charge in [-0.2, -0.15) is 5.10 Å². The Bertz CT molecular complexity index is 536. The van der Waals surface area contributed by atoms with Gasteiger partial charge in [-0.15, -0.1) is 0 Å². The van der Waals surface area contributed by atoms with Crippen LogP contribution in [0.15, 0.2) is 12.3 Å². The highest BCUT2D eigenvalue weighted by atomic mass is 35.5. The topological polar surface area (TPSA) is 90.9 Å². The molecule has 0 amide bonds. The van der Waals surface area contributed by atoms with Gasteiger partial charge in [-0.05, 0) is 6.92 Å². The number of hydrogen-bond acceptors (Lipinski definition) is 6. The second-order valence-corrected chi connectivity index (χ2v) is 4.02. The third kappa shape index (κ3) is 2.58. The smallest absolute Gasteiger partial charge is 0.159 e. The van der Waals surface area contributed by atoms with Crippen molar-refractivity contribution in [1.82, 2.24) is 19.7 Å². The standard InChI is InChI=1S/C10H13ClN6O/c1-6-7(11)4-17(16-6)10-3-8(15-12)13-9(14-10)5-18-2/h3-4H,5,12H2,1-2H3,(H,13,14,15). The molecule has 0 aliphatic heterocycles. The van der Waals surface area contributed by atoms with Gasteiger partial charge in [0.15, 0.2) is 11.6 Å². The van der Waals surface area contributed by atoms with Gasteiger partial charge in [0.2, 0.25) is 0 Å². The lowest BCUT2D eigenvalue weighted by molar-refractivity contribution is 0.178. The third-order valence-electron chi connectivity index (χ3n) is 2.25. The van der Waals surface area contributed by atoms with Crippen LogP contribution in [0.3, 0.4) is 0 Å². The summed E-state index contributed by atoms with van der Waals surface area (Å²) in [7, 11) is 1.57. The van der Waals surface area contributed by atoms with Crippen LogP contribution in [-0.2, 0) is 11.3 Å². The average Bonchev–Trinajstić information content (AvgIpc) is 2.70. The highest BCUT2D eigenvalue weighted by Crippen LogP contribution is 2.16. The highest BCUT2D eigenvalue weighted by Gasteiger charge is 2.09. The minimum atomic E-state index is 0.288. The van der Waals surface area contributed by atoms with Gasteiger partial charge in [0.25, 0.3) is 0 Å². The fraction of sp³-hybridized carbons (Fsp3) is 0.300. The second kappa shape index (κ2) is 5.30. The van der Waals surface area contributed by atoms with Gasteiger partial charge in [-0.1, -0.05) is 11.6 Å². The van der Waals surface area contributed by atoms with E-state index in [0.29, 0.717) is 22.5 Å². The lowest BCUT2D eigenvalue weighted by Gasteiger charge is -2.06. The zero-order chi connectivity index (χ0) is 13.1. The largest absolute Gasteiger partial charge is 0.377 e. The molecular formula is C10H13ClN6O. The maximum absolute atomic E-state index is 5.96. The van der Waals surface area contributed by atoms with Gasteiger partial charge >= 0.3 is 0 Å². The molecule has 0 atom stereocenters. The van der Waals surface area contributed by atoms with Crippen LogP contribution in [0.2, 0.25) is 5.02 Å². The van der Waals surface area contributed by atoms with Crippen molar-refractivity contribution in [2.24, 2.45) is 5.84 Å². The molecule has 96 valence electrons. The van der Waals surface area contributed by atoms with Crippen LogP contribution in [0.1, 0.15) is 11.5 Å². The molecule has 0 unspecified atom stereocenters. The van der Waals surface area contributed by atoms with Gasteiger partial charge in [0.05, 0.1) is 16.9 Å². The van der Waals surface area contributed by atoms with Crippen LogP contribution >= 0.6 is 11.6 Å². The Labute approximate surface area is 109 Å². The summed E-state index contributed by atoms with van der Waals surface area (Å²) in [5, 5.41) is 4.82. The Balaban J connectivity index is 2.45. The summed E-state index contributed by atoms with van der Waals surface area (Å²) >= 11 is 5.96. The Hall–Kier alpha value is -1.70. The van der Waals surface area contributed by atoms with Crippen LogP contribution in [0.5, 0.6) is 0 Å². The normalized spacial score (nSPS) is 10.7. The summed E-state index contributed by atoms with van der Waals surface area (Å²) in [6.07, 6.45) is 1.68. The van der Waals surface area contributed by atoms with E-state index in [2.05, 4.69) is 20.5 Å². The molecule has 2 aromatic heterocycles. The summed E-state index contributed by atoms with van der Waals surface area (Å²) in [6.45, 7) is 2.11. The number of anilines is 1. The Morgan fingerprint density at radius 3 is 2.83 bits per heavy atom. The van der Waals surface area contributed by atoms with E-state index in [-0.39, 0.29) is 6.61 Å². The molecule has 0 bridgehead atoms. The number of hydrazine groups is 1. The first-order valence-corrected chi connectivity index (χ1v) is 5.57. The van der Waals surface area contributed by atoms with E-state index in [0.717, 1.165) is 5.69 Å². The van der Waals surface area contributed by atoms with Crippen molar-refractivity contribution in [3.8, 4) is 5.82 Å². The lowest BCUT2D eigenvalue weighted by atomic mass is 10.5. The SMILES string of the molecule is COCc1nc(NN)cc(-n2cc(Cl)c(C)n2)n1. The van der Waals surface area contributed by atoms with E-state index in [1.54, 1.807) is 24.1 Å². The van der Waals surface area contributed by atoms with Gasteiger partial charge in [-0.25, -0.2) is 20.5 Å². The van der Waals surface area contributed by atoms with E-state index >= 15 is 0 Å². The van der Waals surface area contributed by atoms with Crippen molar-refractivity contribution >= 4 is 17.4 Å². The van der Waals surface area contributed by atoms with Crippen molar-refractivity contribution < 1.29 is 4.74 Å². The molecule has 0 aliphatic rings. The van der Waals surface area contributed by atoms with Gasteiger partial charge in [-0.3, -0.25) is 0 Å². The van der Waals surface area contributed by atoms with Crippen LogP contribution in [0, 0.1) is 6.92 Å². The molecule has 0 fully saturated rings. The molecule has 0 saturated carbocycles. The molecule has 2 aromatic rings. The number of halogens is 1. The molecule has 3 N–H and O–H groups in total. The Morgan fingerprint density at radius 1 is 1.50 bits per heavy atom. The lowest BCUT2D eigenvalue weighted by Crippen LogP contribution is -2.13. The molecule has 0 spiro atoms. The molecule has 18 heavy (non-hydrogen) atoms.